The van der Waals surface area contributed by atoms with Crippen LogP contribution in [0.4, 0.5) is 15.3 Å². The molecule has 11 heteroatoms. The first-order valence-electron chi connectivity index (χ1n) is 9.57. The summed E-state index contributed by atoms with van der Waals surface area (Å²) in [5, 5.41) is 13.4. The average Bonchev–Trinajstić information content (AvgIpc) is 2.72. The van der Waals surface area contributed by atoms with Gasteiger partial charge in [-0.2, -0.15) is 0 Å². The summed E-state index contributed by atoms with van der Waals surface area (Å²) >= 11 is 0. The Morgan fingerprint density at radius 1 is 1.09 bits per heavy atom. The van der Waals surface area contributed by atoms with Gasteiger partial charge in [0.15, 0.2) is 0 Å². The predicted octanol–water partition coefficient (Wildman–Crippen LogP) is 5.58. The van der Waals surface area contributed by atoms with Crippen LogP contribution in [0, 0.1) is 10.1 Å². The number of hydrogen-bond acceptors (Lipinski definition) is 9. The van der Waals surface area contributed by atoms with Crippen LogP contribution in [0.25, 0.3) is 0 Å². The molecule has 0 fully saturated rings. The summed E-state index contributed by atoms with van der Waals surface area (Å²) < 4.78 is 15.4. The Morgan fingerprint density at radius 3 is 2.44 bits per heavy atom. The van der Waals surface area contributed by atoms with E-state index in [2.05, 4.69) is 5.32 Å². The van der Waals surface area contributed by atoms with Gasteiger partial charge in [0.05, 0.1) is 4.92 Å². The molecule has 0 atom stereocenters. The summed E-state index contributed by atoms with van der Waals surface area (Å²) in [6.07, 6.45) is -1.36. The van der Waals surface area contributed by atoms with Gasteiger partial charge in [0.25, 0.3) is 5.69 Å². The van der Waals surface area contributed by atoms with Gasteiger partial charge in [-0.15, -0.1) is 0 Å². The van der Waals surface area contributed by atoms with Gasteiger partial charge in [-0.05, 0) is 39.0 Å². The summed E-state index contributed by atoms with van der Waals surface area (Å²) in [5.41, 5.74) is 0.158. The number of benzene rings is 2. The van der Waals surface area contributed by atoms with Crippen molar-refractivity contribution < 1.29 is 28.7 Å². The molecule has 0 aromatic heterocycles. The van der Waals surface area contributed by atoms with E-state index in [1.54, 1.807) is 31.6 Å². The minimum absolute atomic E-state index is 0.00566. The zero-order valence-corrected chi connectivity index (χ0v) is 19.5. The van der Waals surface area contributed by atoms with Crippen molar-refractivity contribution >= 4 is 39.5 Å². The third-order valence-corrected chi connectivity index (χ3v) is 6.03. The fourth-order valence-corrected chi connectivity index (χ4v) is 4.35. The maximum Gasteiger partial charge on any atom is 0.514 e. The highest BCUT2D eigenvalue weighted by atomic mass is 33.1. The second kappa shape index (κ2) is 12.2. The lowest BCUT2D eigenvalue weighted by atomic mass is 10.2. The number of carbonyl (C=O) groups excluding carboxylic acids is 2. The molecule has 2 aromatic carbocycles. The number of hydrogen-bond donors (Lipinski definition) is 1. The number of nitrogens with zero attached hydrogens (tertiary/aromatic N) is 1. The Hall–Kier alpha value is -2.92. The first-order valence-corrected chi connectivity index (χ1v) is 11.9. The molecule has 1 amide bonds. The molecule has 2 aromatic rings. The van der Waals surface area contributed by atoms with E-state index in [0.717, 1.165) is 10.5 Å². The van der Waals surface area contributed by atoms with E-state index in [0.29, 0.717) is 12.3 Å². The first kappa shape index (κ1) is 25.3. The van der Waals surface area contributed by atoms with Crippen LogP contribution in [-0.4, -0.2) is 35.1 Å². The van der Waals surface area contributed by atoms with Gasteiger partial charge in [0.1, 0.15) is 18.0 Å². The van der Waals surface area contributed by atoms with Gasteiger partial charge in [-0.25, -0.2) is 9.59 Å². The van der Waals surface area contributed by atoms with Crippen LogP contribution < -0.4 is 10.1 Å². The van der Waals surface area contributed by atoms with Crippen molar-refractivity contribution in [2.45, 2.75) is 37.9 Å². The molecular formula is C21H24N2O7S2. The second-order valence-corrected chi connectivity index (χ2v) is 9.79. The van der Waals surface area contributed by atoms with Crippen LogP contribution in [-0.2, 0) is 16.1 Å². The van der Waals surface area contributed by atoms with Crippen molar-refractivity contribution in [3.05, 3.63) is 64.2 Å². The van der Waals surface area contributed by atoms with Gasteiger partial charge in [0, 0.05) is 34.9 Å². The van der Waals surface area contributed by atoms with Crippen molar-refractivity contribution in [2.75, 3.05) is 12.3 Å². The Balaban J connectivity index is 1.76. The number of nitro groups is 1. The van der Waals surface area contributed by atoms with Crippen molar-refractivity contribution in [1.29, 1.82) is 0 Å². The molecule has 0 unspecified atom stereocenters. The smallest absolute Gasteiger partial charge is 0.444 e. The maximum atomic E-state index is 11.9. The molecule has 0 aliphatic carbocycles. The topological polar surface area (TPSA) is 117 Å². The molecule has 1 N–H and O–H groups in total. The first-order chi connectivity index (χ1) is 15.1. The van der Waals surface area contributed by atoms with Gasteiger partial charge < -0.3 is 19.5 Å². The number of alkyl carbamates (subject to hydrolysis) is 1. The normalized spacial score (nSPS) is 10.8. The molecule has 0 radical (unpaired) electrons. The largest absolute Gasteiger partial charge is 0.514 e. The summed E-state index contributed by atoms with van der Waals surface area (Å²) in [4.78, 5) is 34.6. The fourth-order valence-electron chi connectivity index (χ4n) is 2.22. The molecule has 32 heavy (non-hydrogen) atoms. The Labute approximate surface area is 193 Å². The van der Waals surface area contributed by atoms with Crippen LogP contribution in [0.2, 0.25) is 0 Å². The third kappa shape index (κ3) is 9.48. The third-order valence-electron chi connectivity index (χ3n) is 3.57. The lowest BCUT2D eigenvalue weighted by molar-refractivity contribution is -0.384. The number of ether oxygens (including phenoxy) is 3. The summed E-state index contributed by atoms with van der Waals surface area (Å²) in [5.74, 6) is 0.803. The van der Waals surface area contributed by atoms with E-state index in [1.807, 2.05) is 24.3 Å². The number of nitrogens with one attached hydrogen (secondary N) is 1. The summed E-state index contributed by atoms with van der Waals surface area (Å²) in [6, 6.07) is 12.6. The van der Waals surface area contributed by atoms with Crippen LogP contribution in [0.15, 0.2) is 53.4 Å². The summed E-state index contributed by atoms with van der Waals surface area (Å²) in [6.45, 7) is 5.87. The highest BCUT2D eigenvalue weighted by Gasteiger charge is 2.15. The molecule has 0 bridgehead atoms. The predicted molar refractivity (Wildman–Crippen MR) is 123 cm³/mol. The zero-order chi connectivity index (χ0) is 23.6. The quantitative estimate of drug-likeness (QED) is 0.123. The number of carbonyl (C=O) groups is 2. The van der Waals surface area contributed by atoms with E-state index < -0.39 is 22.8 Å². The van der Waals surface area contributed by atoms with Crippen LogP contribution in [0.3, 0.4) is 0 Å². The lowest BCUT2D eigenvalue weighted by Gasteiger charge is -2.19. The monoisotopic (exact) mass is 480 g/mol. The van der Waals surface area contributed by atoms with Gasteiger partial charge in [0.2, 0.25) is 0 Å². The van der Waals surface area contributed by atoms with E-state index in [4.69, 9.17) is 14.2 Å². The van der Waals surface area contributed by atoms with E-state index in [1.165, 1.54) is 35.1 Å². The van der Waals surface area contributed by atoms with Crippen molar-refractivity contribution in [3.8, 4) is 5.75 Å². The van der Waals surface area contributed by atoms with Gasteiger partial charge in [-0.1, -0.05) is 39.8 Å². The van der Waals surface area contributed by atoms with Crippen LogP contribution in [0.5, 0.6) is 5.75 Å². The van der Waals surface area contributed by atoms with E-state index in [-0.39, 0.29) is 18.0 Å². The molecule has 0 saturated heterocycles. The summed E-state index contributed by atoms with van der Waals surface area (Å²) in [7, 11) is 3.04. The molecule has 0 saturated carbocycles. The lowest BCUT2D eigenvalue weighted by Crippen LogP contribution is -2.33. The van der Waals surface area contributed by atoms with E-state index >= 15 is 0 Å². The second-order valence-electron chi connectivity index (χ2n) is 7.33. The number of non-ortho nitro benzene ring substituents is 1. The molecule has 0 heterocycles. The molecule has 172 valence electrons. The maximum absolute atomic E-state index is 11.9. The molecule has 0 spiro atoms. The Kier molecular flexibility index (Phi) is 9.66. The van der Waals surface area contributed by atoms with Crippen LogP contribution >= 0.6 is 21.6 Å². The Morgan fingerprint density at radius 2 is 1.78 bits per heavy atom. The Bertz CT molecular complexity index is 930. The molecular weight excluding hydrogens is 456 g/mol. The molecule has 0 aliphatic heterocycles. The highest BCUT2D eigenvalue weighted by Crippen LogP contribution is 2.33. The van der Waals surface area contributed by atoms with Gasteiger partial charge in [-0.3, -0.25) is 10.1 Å². The number of nitro benzene ring substituents is 1. The van der Waals surface area contributed by atoms with Crippen molar-refractivity contribution in [1.82, 2.24) is 5.32 Å². The SMILES string of the molecule is CC(C)(C)OC(=O)NCCSSc1ccccc1COC(=O)Oc1ccc([N+](=O)[O-])cc1. The molecule has 2 rings (SSSR count). The standard InChI is InChI=1S/C21H24N2O7S2/c1-21(2,3)30-19(24)22-12-13-31-32-18-7-5-4-6-15(18)14-28-20(25)29-17-10-8-16(9-11-17)23(26)27/h4-11H,12-14H2,1-3H3,(H,22,24). The molecule has 0 aliphatic rings. The minimum Gasteiger partial charge on any atom is -0.444 e. The molecule has 9 nitrogen and oxygen atoms in total. The van der Waals surface area contributed by atoms with E-state index in [9.17, 15) is 19.7 Å². The van der Waals surface area contributed by atoms with Gasteiger partial charge >= 0.3 is 12.2 Å². The number of rotatable bonds is 9. The highest BCUT2D eigenvalue weighted by molar-refractivity contribution is 8.76. The van der Waals surface area contributed by atoms with Crippen LogP contribution in [0.1, 0.15) is 26.3 Å². The zero-order valence-electron chi connectivity index (χ0n) is 17.9. The number of amides is 1. The van der Waals surface area contributed by atoms with Crippen molar-refractivity contribution in [2.24, 2.45) is 0 Å². The fraction of sp³-hybridized carbons (Fsp3) is 0.333. The minimum atomic E-state index is -0.909. The average molecular weight is 481 g/mol. The van der Waals surface area contributed by atoms with Crippen molar-refractivity contribution in [3.63, 3.8) is 0 Å².